The Balaban J connectivity index is 1.05. The zero-order valence-corrected chi connectivity index (χ0v) is 19.3. The molecule has 2 saturated carbocycles. The maximum absolute atomic E-state index is 13.0. The van der Waals surface area contributed by atoms with Gasteiger partial charge >= 0.3 is 0 Å². The SMILES string of the molecule is Cn1cc(-c2ccn3c(C(=O)NC4CC5(C4)CC(Oc4ccccc4C(N)=O)C5)cnc3c2)cn1. The number of fused-ring (bicyclic) bond motifs is 1. The van der Waals surface area contributed by atoms with Gasteiger partial charge in [0, 0.05) is 31.0 Å². The summed E-state index contributed by atoms with van der Waals surface area (Å²) in [4.78, 5) is 29.0. The van der Waals surface area contributed by atoms with Crippen molar-refractivity contribution in [1.29, 1.82) is 0 Å². The number of nitrogens with two attached hydrogens (primary N) is 1. The van der Waals surface area contributed by atoms with Gasteiger partial charge in [-0.2, -0.15) is 5.10 Å². The van der Waals surface area contributed by atoms with Gasteiger partial charge in [0.1, 0.15) is 17.1 Å². The van der Waals surface area contributed by atoms with E-state index < -0.39 is 5.91 Å². The highest BCUT2D eigenvalue weighted by molar-refractivity contribution is 5.95. The van der Waals surface area contributed by atoms with Gasteiger partial charge in [-0.05, 0) is 60.9 Å². The van der Waals surface area contributed by atoms with E-state index in [1.807, 2.05) is 42.0 Å². The van der Waals surface area contributed by atoms with Crippen molar-refractivity contribution >= 4 is 17.5 Å². The van der Waals surface area contributed by atoms with Crippen molar-refractivity contribution in [3.05, 3.63) is 72.4 Å². The van der Waals surface area contributed by atoms with Gasteiger partial charge < -0.3 is 15.8 Å². The Morgan fingerprint density at radius 1 is 1.11 bits per heavy atom. The molecule has 3 N–H and O–H groups in total. The summed E-state index contributed by atoms with van der Waals surface area (Å²) < 4.78 is 9.60. The Hall–Kier alpha value is -4.14. The predicted octanol–water partition coefficient (Wildman–Crippen LogP) is 2.95. The lowest BCUT2D eigenvalue weighted by Gasteiger charge is -2.57. The number of ether oxygens (including phenoxy) is 1. The van der Waals surface area contributed by atoms with E-state index in [0.29, 0.717) is 17.0 Å². The molecule has 6 rings (SSSR count). The van der Waals surface area contributed by atoms with Gasteiger partial charge in [-0.3, -0.25) is 18.7 Å². The first-order valence-electron chi connectivity index (χ1n) is 11.7. The molecule has 2 aliphatic rings. The number of aromatic nitrogens is 4. The van der Waals surface area contributed by atoms with Crippen LogP contribution in [0, 0.1) is 5.41 Å². The third kappa shape index (κ3) is 3.82. The first-order valence-corrected chi connectivity index (χ1v) is 11.7. The molecule has 9 heteroatoms. The van der Waals surface area contributed by atoms with Crippen molar-refractivity contribution in [3.63, 3.8) is 0 Å². The first-order chi connectivity index (χ1) is 16.9. The van der Waals surface area contributed by atoms with Crippen molar-refractivity contribution in [3.8, 4) is 16.9 Å². The number of hydrogen-bond acceptors (Lipinski definition) is 5. The third-order valence-corrected chi connectivity index (χ3v) is 7.25. The minimum Gasteiger partial charge on any atom is -0.490 e. The molecular weight excluding hydrogens is 444 g/mol. The fourth-order valence-corrected chi connectivity index (χ4v) is 5.52. The van der Waals surface area contributed by atoms with Crippen LogP contribution in [-0.2, 0) is 7.05 Å². The standard InChI is InChI=1S/C26H26N6O3/c1-31-15-17(13-29-31)16-6-7-32-21(14-28-23(32)8-16)25(34)30-18-9-26(10-18)11-19(12-26)35-22-5-3-2-4-20(22)24(27)33/h2-8,13-15,18-19H,9-12H2,1H3,(H2,27,33)(H,30,34). The smallest absolute Gasteiger partial charge is 0.270 e. The molecule has 0 radical (unpaired) electrons. The van der Waals surface area contributed by atoms with Gasteiger partial charge in [-0.15, -0.1) is 0 Å². The molecule has 3 aromatic heterocycles. The van der Waals surface area contributed by atoms with Crippen molar-refractivity contribution < 1.29 is 14.3 Å². The summed E-state index contributed by atoms with van der Waals surface area (Å²) in [6.07, 6.45) is 11.0. The number of para-hydroxylation sites is 1. The molecule has 1 aromatic carbocycles. The van der Waals surface area contributed by atoms with Crippen molar-refractivity contribution in [2.75, 3.05) is 0 Å². The quantitative estimate of drug-likeness (QED) is 0.449. The topological polar surface area (TPSA) is 117 Å². The molecule has 9 nitrogen and oxygen atoms in total. The van der Waals surface area contributed by atoms with E-state index in [1.165, 1.54) is 0 Å². The molecule has 1 spiro atoms. The number of amides is 2. The van der Waals surface area contributed by atoms with Crippen LogP contribution in [0.3, 0.4) is 0 Å². The van der Waals surface area contributed by atoms with Gasteiger partial charge in [0.2, 0.25) is 0 Å². The minimum absolute atomic E-state index is 0.0694. The van der Waals surface area contributed by atoms with Crippen LogP contribution in [-0.4, -0.2) is 43.1 Å². The molecule has 0 unspecified atom stereocenters. The van der Waals surface area contributed by atoms with Gasteiger partial charge in [-0.1, -0.05) is 12.1 Å². The van der Waals surface area contributed by atoms with Crippen molar-refractivity contribution in [2.45, 2.75) is 37.8 Å². The van der Waals surface area contributed by atoms with E-state index in [0.717, 1.165) is 42.5 Å². The maximum atomic E-state index is 13.0. The molecule has 35 heavy (non-hydrogen) atoms. The number of nitrogens with zero attached hydrogens (tertiary/aromatic N) is 4. The molecule has 0 atom stereocenters. The van der Waals surface area contributed by atoms with Crippen LogP contribution in [0.2, 0.25) is 0 Å². The highest BCUT2D eigenvalue weighted by atomic mass is 16.5. The fourth-order valence-electron chi connectivity index (χ4n) is 5.52. The molecular formula is C26H26N6O3. The Bertz CT molecular complexity index is 1440. The number of carbonyl (C=O) groups excluding carboxylic acids is 2. The molecule has 2 aliphatic carbocycles. The van der Waals surface area contributed by atoms with Crippen LogP contribution in [0.25, 0.3) is 16.8 Å². The number of primary amides is 1. The van der Waals surface area contributed by atoms with Gasteiger partial charge in [-0.25, -0.2) is 4.98 Å². The van der Waals surface area contributed by atoms with Crippen LogP contribution in [0.15, 0.2) is 61.2 Å². The molecule has 178 valence electrons. The van der Waals surface area contributed by atoms with Crippen LogP contribution in [0.4, 0.5) is 0 Å². The second-order valence-corrected chi connectivity index (χ2v) is 9.78. The monoisotopic (exact) mass is 470 g/mol. The van der Waals surface area contributed by atoms with Gasteiger partial charge in [0.15, 0.2) is 0 Å². The average Bonchev–Trinajstić information content (AvgIpc) is 3.42. The van der Waals surface area contributed by atoms with Crippen LogP contribution >= 0.6 is 0 Å². The Morgan fingerprint density at radius 3 is 2.66 bits per heavy atom. The number of nitrogens with one attached hydrogen (secondary N) is 1. The highest BCUT2D eigenvalue weighted by Crippen LogP contribution is 2.56. The number of aryl methyl sites for hydroxylation is 1. The van der Waals surface area contributed by atoms with Gasteiger partial charge in [0.05, 0.1) is 24.1 Å². The summed E-state index contributed by atoms with van der Waals surface area (Å²) in [7, 11) is 1.88. The maximum Gasteiger partial charge on any atom is 0.270 e. The Morgan fingerprint density at radius 2 is 1.91 bits per heavy atom. The summed E-state index contributed by atoms with van der Waals surface area (Å²) in [6.45, 7) is 0. The second-order valence-electron chi connectivity index (χ2n) is 9.78. The molecule has 2 amide bonds. The van der Waals surface area contributed by atoms with E-state index in [1.54, 1.807) is 35.3 Å². The summed E-state index contributed by atoms with van der Waals surface area (Å²) in [5, 5.41) is 7.37. The third-order valence-electron chi connectivity index (χ3n) is 7.25. The number of hydrogen-bond donors (Lipinski definition) is 2. The average molecular weight is 471 g/mol. The lowest BCUT2D eigenvalue weighted by Crippen LogP contribution is -2.58. The number of benzene rings is 1. The van der Waals surface area contributed by atoms with E-state index >= 15 is 0 Å². The van der Waals surface area contributed by atoms with Crippen LogP contribution < -0.4 is 15.8 Å². The molecule has 2 fully saturated rings. The summed E-state index contributed by atoms with van der Waals surface area (Å²) in [5.74, 6) is -0.0564. The summed E-state index contributed by atoms with van der Waals surface area (Å²) >= 11 is 0. The Kier molecular flexibility index (Phi) is 4.87. The minimum atomic E-state index is -0.484. The molecule has 3 heterocycles. The summed E-state index contributed by atoms with van der Waals surface area (Å²) in [6, 6.07) is 11.1. The predicted molar refractivity (Wildman–Crippen MR) is 129 cm³/mol. The molecule has 0 aliphatic heterocycles. The number of carbonyl (C=O) groups is 2. The van der Waals surface area contributed by atoms with Crippen molar-refractivity contribution in [1.82, 2.24) is 24.5 Å². The van der Waals surface area contributed by atoms with Crippen molar-refractivity contribution in [2.24, 2.45) is 18.2 Å². The van der Waals surface area contributed by atoms with Crippen LogP contribution in [0.5, 0.6) is 5.75 Å². The zero-order chi connectivity index (χ0) is 24.2. The first kappa shape index (κ1) is 21.4. The summed E-state index contributed by atoms with van der Waals surface area (Å²) in [5.41, 5.74) is 9.32. The molecule has 0 bridgehead atoms. The largest absolute Gasteiger partial charge is 0.490 e. The molecule has 4 aromatic rings. The number of pyridine rings is 1. The highest BCUT2D eigenvalue weighted by Gasteiger charge is 2.54. The lowest BCUT2D eigenvalue weighted by molar-refractivity contribution is -0.0834. The number of imidazole rings is 1. The normalized spacial score (nSPS) is 23.0. The molecule has 0 saturated heterocycles. The van der Waals surface area contributed by atoms with E-state index in [-0.39, 0.29) is 23.5 Å². The fraction of sp³-hybridized carbons (Fsp3) is 0.308. The van der Waals surface area contributed by atoms with E-state index in [2.05, 4.69) is 15.4 Å². The van der Waals surface area contributed by atoms with Crippen LogP contribution in [0.1, 0.15) is 46.5 Å². The number of rotatable bonds is 6. The van der Waals surface area contributed by atoms with E-state index in [4.69, 9.17) is 10.5 Å². The zero-order valence-electron chi connectivity index (χ0n) is 19.3. The lowest BCUT2D eigenvalue weighted by atomic mass is 9.53. The second kappa shape index (κ2) is 7.97. The van der Waals surface area contributed by atoms with E-state index in [9.17, 15) is 9.59 Å². The Labute approximate surface area is 201 Å². The van der Waals surface area contributed by atoms with Gasteiger partial charge in [0.25, 0.3) is 11.8 Å².